The van der Waals surface area contributed by atoms with Crippen LogP contribution in [0.5, 0.6) is 0 Å². The first kappa shape index (κ1) is 20.0. The van der Waals surface area contributed by atoms with Gasteiger partial charge in [0.25, 0.3) is 0 Å². The lowest BCUT2D eigenvalue weighted by Gasteiger charge is -2.17. The molecule has 9 nitrogen and oxygen atoms in total. The van der Waals surface area contributed by atoms with E-state index in [1.165, 1.54) is 31.6 Å². The molecule has 2 aliphatic rings. The van der Waals surface area contributed by atoms with E-state index < -0.39 is 30.5 Å². The van der Waals surface area contributed by atoms with Crippen molar-refractivity contribution in [1.82, 2.24) is 24.5 Å². The van der Waals surface area contributed by atoms with E-state index in [9.17, 15) is 14.6 Å². The van der Waals surface area contributed by atoms with Crippen molar-refractivity contribution in [2.45, 2.75) is 56.3 Å². The number of fused-ring (bicyclic) bond motifs is 1. The zero-order valence-electron chi connectivity index (χ0n) is 16.7. The number of nitrogens with zero attached hydrogens (tertiary/aromatic N) is 5. The normalized spacial score (nSPS) is 26.9. The third-order valence-electron chi connectivity index (χ3n) is 5.80. The number of hydrogen-bond donors (Lipinski definition) is 3. The van der Waals surface area contributed by atoms with Gasteiger partial charge >= 0.3 is 0 Å². The zero-order chi connectivity index (χ0) is 21.4. The predicted octanol–water partition coefficient (Wildman–Crippen LogP) is 2.05. The molecule has 162 valence electrons. The highest BCUT2D eigenvalue weighted by atomic mass is 19.1. The van der Waals surface area contributed by atoms with Gasteiger partial charge in [-0.15, -0.1) is 0 Å². The summed E-state index contributed by atoms with van der Waals surface area (Å²) in [5.74, 6) is 0.0526. The van der Waals surface area contributed by atoms with Crippen molar-refractivity contribution in [3.8, 4) is 0 Å². The van der Waals surface area contributed by atoms with Crippen LogP contribution in [0.25, 0.3) is 17.2 Å². The second-order valence-corrected chi connectivity index (χ2v) is 7.89. The topological polar surface area (TPSA) is 118 Å². The summed E-state index contributed by atoms with van der Waals surface area (Å²) >= 11 is 0. The lowest BCUT2D eigenvalue weighted by molar-refractivity contribution is -0.0243. The summed E-state index contributed by atoms with van der Waals surface area (Å²) in [5, 5.41) is 24.5. The number of aromatic nitrogens is 5. The second kappa shape index (κ2) is 8.29. The van der Waals surface area contributed by atoms with Crippen LogP contribution in [0.2, 0.25) is 0 Å². The van der Waals surface area contributed by atoms with Crippen LogP contribution < -0.4 is 5.32 Å². The van der Waals surface area contributed by atoms with E-state index >= 15 is 0 Å². The molecule has 10 heteroatoms. The minimum Gasteiger partial charge on any atom is -0.387 e. The van der Waals surface area contributed by atoms with E-state index in [-0.39, 0.29) is 0 Å². The molecule has 3 aromatic heterocycles. The van der Waals surface area contributed by atoms with Gasteiger partial charge in [-0.25, -0.2) is 19.9 Å². The molecule has 2 fully saturated rings. The van der Waals surface area contributed by atoms with Crippen LogP contribution in [-0.4, -0.2) is 59.1 Å². The number of aliphatic hydroxyl groups excluding tert-OH is 2. The molecule has 5 rings (SSSR count). The van der Waals surface area contributed by atoms with Gasteiger partial charge in [0.15, 0.2) is 23.2 Å². The molecular weight excluding hydrogens is 403 g/mol. The van der Waals surface area contributed by atoms with Crippen LogP contribution in [0.1, 0.15) is 37.6 Å². The Morgan fingerprint density at radius 3 is 2.77 bits per heavy atom. The molecular formula is C21H23FN6O3. The fraction of sp³-hybridized carbons (Fsp3) is 0.429. The predicted molar refractivity (Wildman–Crippen MR) is 110 cm³/mol. The number of rotatable bonds is 5. The molecule has 0 radical (unpaired) electrons. The van der Waals surface area contributed by atoms with Gasteiger partial charge in [0.2, 0.25) is 5.95 Å². The van der Waals surface area contributed by atoms with Crippen molar-refractivity contribution in [3.63, 3.8) is 0 Å². The molecule has 1 aliphatic heterocycles. The number of halogens is 1. The summed E-state index contributed by atoms with van der Waals surface area (Å²) in [5.41, 5.74) is 1.48. The number of aliphatic hydroxyl groups is 2. The molecule has 3 N–H and O–H groups in total. The third-order valence-corrected chi connectivity index (χ3v) is 5.80. The van der Waals surface area contributed by atoms with Gasteiger partial charge in [-0.05, 0) is 31.1 Å². The fourth-order valence-corrected chi connectivity index (χ4v) is 4.19. The van der Waals surface area contributed by atoms with Gasteiger partial charge in [0.1, 0.15) is 24.6 Å². The first-order chi connectivity index (χ1) is 15.1. The molecule has 1 aliphatic carbocycles. The fourth-order valence-electron chi connectivity index (χ4n) is 4.19. The molecule has 31 heavy (non-hydrogen) atoms. The summed E-state index contributed by atoms with van der Waals surface area (Å²) in [6.45, 7) is 0. The van der Waals surface area contributed by atoms with Gasteiger partial charge in [-0.3, -0.25) is 4.57 Å². The first-order valence-electron chi connectivity index (χ1n) is 10.4. The van der Waals surface area contributed by atoms with Gasteiger partial charge in [0.05, 0.1) is 12.0 Å². The van der Waals surface area contributed by atoms with E-state index in [1.54, 1.807) is 28.9 Å². The summed E-state index contributed by atoms with van der Waals surface area (Å²) in [7, 11) is 0. The summed E-state index contributed by atoms with van der Waals surface area (Å²) < 4.78 is 20.8. The van der Waals surface area contributed by atoms with Crippen molar-refractivity contribution >= 4 is 23.1 Å². The molecule has 4 atom stereocenters. The van der Waals surface area contributed by atoms with Crippen molar-refractivity contribution in [1.29, 1.82) is 0 Å². The third kappa shape index (κ3) is 3.89. The Bertz CT molecular complexity index is 1100. The zero-order valence-corrected chi connectivity index (χ0v) is 16.7. The van der Waals surface area contributed by atoms with Crippen molar-refractivity contribution in [2.24, 2.45) is 0 Å². The molecule has 1 saturated carbocycles. The number of ether oxygens (including phenoxy) is 1. The first-order valence-corrected chi connectivity index (χ1v) is 10.4. The molecule has 3 aromatic rings. The highest BCUT2D eigenvalue weighted by Crippen LogP contribution is 2.33. The SMILES string of the molecule is O[C@@H]1[C@H](O)[C@@H](C=Cc2cccc(F)n2)O[C@H]1n1cnc2c(NC3CCCC3)ncnc21. The summed E-state index contributed by atoms with van der Waals surface area (Å²) in [4.78, 5) is 16.8. The largest absolute Gasteiger partial charge is 0.387 e. The average Bonchev–Trinajstić information content (AvgIpc) is 3.49. The Morgan fingerprint density at radius 2 is 1.97 bits per heavy atom. The molecule has 4 heterocycles. The van der Waals surface area contributed by atoms with Crippen LogP contribution >= 0.6 is 0 Å². The number of imidazole rings is 1. The Kier molecular flexibility index (Phi) is 5.34. The highest BCUT2D eigenvalue weighted by Gasteiger charge is 2.43. The Balaban J connectivity index is 1.38. The molecule has 0 spiro atoms. The minimum absolute atomic E-state index is 0.365. The summed E-state index contributed by atoms with van der Waals surface area (Å²) in [6.07, 6.45) is 6.58. The van der Waals surface area contributed by atoms with Crippen LogP contribution in [-0.2, 0) is 4.74 Å². The van der Waals surface area contributed by atoms with Gasteiger partial charge < -0.3 is 20.3 Å². The minimum atomic E-state index is -1.20. The highest BCUT2D eigenvalue weighted by molar-refractivity contribution is 5.82. The van der Waals surface area contributed by atoms with Crippen molar-refractivity contribution in [3.05, 3.63) is 48.6 Å². The molecule has 0 amide bonds. The maximum absolute atomic E-state index is 13.3. The second-order valence-electron chi connectivity index (χ2n) is 7.89. The number of hydrogen-bond acceptors (Lipinski definition) is 8. The monoisotopic (exact) mass is 426 g/mol. The lowest BCUT2D eigenvalue weighted by atomic mass is 10.1. The van der Waals surface area contributed by atoms with Crippen LogP contribution in [0, 0.1) is 5.95 Å². The summed E-state index contributed by atoms with van der Waals surface area (Å²) in [6, 6.07) is 4.79. The van der Waals surface area contributed by atoms with Gasteiger partial charge in [-0.2, -0.15) is 4.39 Å². The number of anilines is 1. The number of nitrogens with one attached hydrogen (secondary N) is 1. The Hall–Kier alpha value is -2.95. The van der Waals surface area contributed by atoms with Crippen LogP contribution in [0.15, 0.2) is 36.9 Å². The molecule has 0 bridgehead atoms. The maximum Gasteiger partial charge on any atom is 0.213 e. The van der Waals surface area contributed by atoms with E-state index in [4.69, 9.17) is 4.74 Å². The van der Waals surface area contributed by atoms with Crippen molar-refractivity contribution < 1.29 is 19.3 Å². The van der Waals surface area contributed by atoms with E-state index in [1.807, 2.05) is 0 Å². The van der Waals surface area contributed by atoms with E-state index in [0.717, 1.165) is 12.8 Å². The van der Waals surface area contributed by atoms with Crippen LogP contribution in [0.3, 0.4) is 0 Å². The van der Waals surface area contributed by atoms with Gasteiger partial charge in [-0.1, -0.05) is 25.0 Å². The van der Waals surface area contributed by atoms with Crippen LogP contribution in [0.4, 0.5) is 10.2 Å². The quantitative estimate of drug-likeness (QED) is 0.531. The molecule has 0 aromatic carbocycles. The van der Waals surface area contributed by atoms with Gasteiger partial charge in [0, 0.05) is 6.04 Å². The van der Waals surface area contributed by atoms with E-state index in [0.29, 0.717) is 28.7 Å². The lowest BCUT2D eigenvalue weighted by Crippen LogP contribution is -2.30. The van der Waals surface area contributed by atoms with E-state index in [2.05, 4.69) is 25.3 Å². The smallest absolute Gasteiger partial charge is 0.213 e. The maximum atomic E-state index is 13.3. The standard InChI is InChI=1S/C21H23FN6O3/c22-15-7-3-6-13(26-15)8-9-14-17(29)18(30)21(31-14)28-11-25-16-19(23-10-24-20(16)28)27-12-4-1-2-5-12/h3,6-12,14,17-18,21,29-30H,1-2,4-5H2,(H,23,24,27)/t14-,17-,18-,21-/m1/s1. The molecule has 0 unspecified atom stereocenters. The Labute approximate surface area is 177 Å². The van der Waals surface area contributed by atoms with Crippen molar-refractivity contribution in [2.75, 3.05) is 5.32 Å². The Morgan fingerprint density at radius 1 is 1.13 bits per heavy atom. The number of pyridine rings is 1. The average molecular weight is 426 g/mol. The molecule has 1 saturated heterocycles.